The van der Waals surface area contributed by atoms with E-state index in [1.165, 1.54) is 0 Å². The Bertz CT molecular complexity index is 467. The molecule has 3 fully saturated rings. The molecule has 1 N–H and O–H groups in total. The molecule has 0 radical (unpaired) electrons. The van der Waals surface area contributed by atoms with Gasteiger partial charge in [-0.15, -0.1) is 0 Å². The maximum Gasteiger partial charge on any atom is 0.313 e. The molecular weight excluding hydrogens is 240 g/mol. The average Bonchev–Trinajstić information content (AvgIpc) is 3.02. The summed E-state index contributed by atoms with van der Waals surface area (Å²) in [6, 6.07) is 0. The highest BCUT2D eigenvalue weighted by atomic mass is 16.5. The van der Waals surface area contributed by atoms with Crippen LogP contribution >= 0.6 is 0 Å². The molecular formula is C16H22O3. The Morgan fingerprint density at radius 2 is 2.21 bits per heavy atom. The van der Waals surface area contributed by atoms with Crippen molar-refractivity contribution in [1.29, 1.82) is 0 Å². The van der Waals surface area contributed by atoms with Crippen molar-refractivity contribution in [1.82, 2.24) is 0 Å². The van der Waals surface area contributed by atoms with E-state index in [9.17, 15) is 9.90 Å². The highest BCUT2D eigenvalue weighted by molar-refractivity contribution is 5.81. The lowest BCUT2D eigenvalue weighted by Crippen LogP contribution is -2.53. The van der Waals surface area contributed by atoms with Crippen LogP contribution in [0.1, 0.15) is 33.1 Å². The molecule has 3 saturated carbocycles. The van der Waals surface area contributed by atoms with Crippen molar-refractivity contribution in [3.8, 4) is 0 Å². The van der Waals surface area contributed by atoms with Crippen LogP contribution < -0.4 is 0 Å². The Morgan fingerprint density at radius 1 is 1.42 bits per heavy atom. The van der Waals surface area contributed by atoms with Gasteiger partial charge in [-0.2, -0.15) is 0 Å². The Hall–Kier alpha value is -0.830. The molecule has 0 heterocycles. The second-order valence-corrected chi connectivity index (χ2v) is 7.17. The van der Waals surface area contributed by atoms with E-state index in [2.05, 4.69) is 12.2 Å². The number of hydrogen-bond acceptors (Lipinski definition) is 3. The van der Waals surface area contributed by atoms with Crippen LogP contribution in [0, 0.1) is 35.0 Å². The van der Waals surface area contributed by atoms with E-state index in [-0.39, 0.29) is 17.3 Å². The summed E-state index contributed by atoms with van der Waals surface area (Å²) in [5.74, 6) is 1.76. The largest absolute Gasteiger partial charge is 0.466 e. The third kappa shape index (κ3) is 1.17. The van der Waals surface area contributed by atoms with Gasteiger partial charge in [-0.05, 0) is 62.7 Å². The van der Waals surface area contributed by atoms with Gasteiger partial charge in [0.05, 0.1) is 17.6 Å². The van der Waals surface area contributed by atoms with Gasteiger partial charge in [-0.3, -0.25) is 4.79 Å². The summed E-state index contributed by atoms with van der Waals surface area (Å²) in [6.07, 6.45) is 7.39. The number of allylic oxidation sites excluding steroid dienone is 2. The predicted octanol–water partition coefficient (Wildman–Crippen LogP) is 2.15. The van der Waals surface area contributed by atoms with Crippen molar-refractivity contribution in [2.45, 2.75) is 38.7 Å². The van der Waals surface area contributed by atoms with Gasteiger partial charge in [0.15, 0.2) is 0 Å². The maximum absolute atomic E-state index is 12.7. The molecule has 0 aromatic carbocycles. The molecule has 104 valence electrons. The smallest absolute Gasteiger partial charge is 0.313 e. The third-order valence-electron chi connectivity index (χ3n) is 6.48. The summed E-state index contributed by atoms with van der Waals surface area (Å²) < 4.78 is 5.45. The summed E-state index contributed by atoms with van der Waals surface area (Å²) in [5, 5.41) is 10.6. The van der Waals surface area contributed by atoms with E-state index in [1.807, 2.05) is 13.8 Å². The molecule has 0 aliphatic heterocycles. The summed E-state index contributed by atoms with van der Waals surface area (Å²) in [7, 11) is 0. The third-order valence-corrected chi connectivity index (χ3v) is 6.48. The number of ether oxygens (including phenoxy) is 1. The lowest BCUT2D eigenvalue weighted by atomic mass is 9.58. The van der Waals surface area contributed by atoms with Gasteiger partial charge in [0.25, 0.3) is 0 Å². The predicted molar refractivity (Wildman–Crippen MR) is 70.1 cm³/mol. The second-order valence-electron chi connectivity index (χ2n) is 7.17. The Morgan fingerprint density at radius 3 is 2.95 bits per heavy atom. The Balaban J connectivity index is 1.81. The monoisotopic (exact) mass is 262 g/mol. The SMILES string of the molecule is CCOC(=O)C12C3C=CC(C3)C1C1CC2CC1(C)O. The van der Waals surface area contributed by atoms with Crippen LogP contribution in [0.2, 0.25) is 0 Å². The van der Waals surface area contributed by atoms with Crippen molar-refractivity contribution in [3.05, 3.63) is 12.2 Å². The Kier molecular flexibility index (Phi) is 2.16. The minimum absolute atomic E-state index is 0.0137. The molecule has 0 amide bonds. The first-order valence-electron chi connectivity index (χ1n) is 7.59. The molecule has 0 spiro atoms. The number of carbonyl (C=O) groups is 1. The molecule has 3 nitrogen and oxygen atoms in total. The first-order valence-corrected chi connectivity index (χ1v) is 7.59. The lowest BCUT2D eigenvalue weighted by molar-refractivity contribution is -0.170. The van der Waals surface area contributed by atoms with Crippen LogP contribution in [-0.4, -0.2) is 23.3 Å². The molecule has 0 aromatic heterocycles. The molecule has 4 aliphatic rings. The van der Waals surface area contributed by atoms with Crippen molar-refractivity contribution in [2.24, 2.45) is 35.0 Å². The molecule has 7 atom stereocenters. The summed E-state index contributed by atoms with van der Waals surface area (Å²) in [5.41, 5.74) is -0.883. The lowest BCUT2D eigenvalue weighted by Gasteiger charge is -2.47. The topological polar surface area (TPSA) is 46.5 Å². The van der Waals surface area contributed by atoms with E-state index in [0.717, 1.165) is 19.3 Å². The molecule has 4 aliphatic carbocycles. The number of rotatable bonds is 2. The zero-order chi connectivity index (χ0) is 13.4. The maximum atomic E-state index is 12.7. The van der Waals surface area contributed by atoms with Crippen LogP contribution in [0.3, 0.4) is 0 Å². The van der Waals surface area contributed by atoms with Gasteiger partial charge in [0, 0.05) is 0 Å². The summed E-state index contributed by atoms with van der Waals surface area (Å²) in [6.45, 7) is 4.31. The highest BCUT2D eigenvalue weighted by Crippen LogP contribution is 2.74. The zero-order valence-electron chi connectivity index (χ0n) is 11.6. The number of carbonyl (C=O) groups excluding carboxylic acids is 1. The van der Waals surface area contributed by atoms with Gasteiger partial charge < -0.3 is 9.84 Å². The minimum atomic E-state index is -0.580. The van der Waals surface area contributed by atoms with Crippen LogP contribution in [0.15, 0.2) is 12.2 Å². The van der Waals surface area contributed by atoms with Gasteiger partial charge in [-0.1, -0.05) is 12.2 Å². The first-order chi connectivity index (χ1) is 9.01. The molecule has 0 saturated heterocycles. The molecule has 0 aromatic rings. The van der Waals surface area contributed by atoms with Gasteiger partial charge >= 0.3 is 5.97 Å². The van der Waals surface area contributed by atoms with E-state index < -0.39 is 5.60 Å². The van der Waals surface area contributed by atoms with Crippen LogP contribution in [0.4, 0.5) is 0 Å². The van der Waals surface area contributed by atoms with Gasteiger partial charge in [-0.25, -0.2) is 0 Å². The van der Waals surface area contributed by atoms with Crippen LogP contribution in [-0.2, 0) is 9.53 Å². The molecule has 4 rings (SSSR count). The van der Waals surface area contributed by atoms with Crippen molar-refractivity contribution in [3.63, 3.8) is 0 Å². The van der Waals surface area contributed by atoms with E-state index in [0.29, 0.717) is 30.3 Å². The van der Waals surface area contributed by atoms with Gasteiger partial charge in [0.1, 0.15) is 0 Å². The van der Waals surface area contributed by atoms with Crippen molar-refractivity contribution >= 4 is 5.97 Å². The van der Waals surface area contributed by atoms with Crippen LogP contribution in [0.25, 0.3) is 0 Å². The zero-order valence-corrected chi connectivity index (χ0v) is 11.6. The first kappa shape index (κ1) is 12.0. The van der Waals surface area contributed by atoms with Gasteiger partial charge in [0.2, 0.25) is 0 Å². The standard InChI is InChI=1S/C16H22O3/c1-3-19-14(17)16-10-5-4-9(6-10)13(16)12-7-11(16)8-15(12,2)18/h4-5,9-13,18H,3,6-8H2,1-2H3. The number of esters is 1. The fourth-order valence-electron chi connectivity index (χ4n) is 6.06. The summed E-state index contributed by atoms with van der Waals surface area (Å²) >= 11 is 0. The number of hydrogen-bond donors (Lipinski definition) is 1. The molecule has 3 heteroatoms. The Labute approximate surface area is 114 Å². The molecule has 7 unspecified atom stereocenters. The molecule has 19 heavy (non-hydrogen) atoms. The van der Waals surface area contributed by atoms with E-state index in [4.69, 9.17) is 4.74 Å². The number of fused-ring (bicyclic) bond motifs is 9. The quantitative estimate of drug-likeness (QED) is 0.471. The second kappa shape index (κ2) is 3.43. The number of aliphatic hydroxyl groups is 1. The normalized spacial score (nSPS) is 56.7. The minimum Gasteiger partial charge on any atom is -0.466 e. The van der Waals surface area contributed by atoms with E-state index >= 15 is 0 Å². The van der Waals surface area contributed by atoms with Crippen molar-refractivity contribution in [2.75, 3.05) is 6.61 Å². The molecule has 4 bridgehead atoms. The van der Waals surface area contributed by atoms with Crippen molar-refractivity contribution < 1.29 is 14.6 Å². The highest BCUT2D eigenvalue weighted by Gasteiger charge is 2.75. The summed E-state index contributed by atoms with van der Waals surface area (Å²) in [4.78, 5) is 12.7. The van der Waals surface area contributed by atoms with E-state index in [1.54, 1.807) is 0 Å². The fourth-order valence-corrected chi connectivity index (χ4v) is 6.06. The van der Waals surface area contributed by atoms with Crippen LogP contribution in [0.5, 0.6) is 0 Å². The fraction of sp³-hybridized carbons (Fsp3) is 0.812. The average molecular weight is 262 g/mol.